The zero-order valence-corrected chi connectivity index (χ0v) is 12.1. The number of nitrogens with zero attached hydrogens (tertiary/aromatic N) is 1. The predicted octanol–water partition coefficient (Wildman–Crippen LogP) is 4.68. The third kappa shape index (κ3) is 4.24. The van der Waals surface area contributed by atoms with Crippen LogP contribution < -0.4 is 5.32 Å². The highest BCUT2D eigenvalue weighted by Crippen LogP contribution is 2.37. The van der Waals surface area contributed by atoms with Gasteiger partial charge in [-0.1, -0.05) is 0 Å². The van der Waals surface area contributed by atoms with Gasteiger partial charge in [0.25, 0.3) is 5.91 Å². The third-order valence-electron chi connectivity index (χ3n) is 3.02. The van der Waals surface area contributed by atoms with Gasteiger partial charge in [0.05, 0.1) is 16.7 Å². The summed E-state index contributed by atoms with van der Waals surface area (Å²) in [5.41, 5.74) is -3.01. The smallest absolute Gasteiger partial charge is 0.322 e. The Labute approximate surface area is 132 Å². The van der Waals surface area contributed by atoms with Crippen molar-refractivity contribution in [3.63, 3.8) is 0 Å². The molecule has 1 heterocycles. The lowest BCUT2D eigenvalue weighted by Crippen LogP contribution is -2.16. The third-order valence-corrected chi connectivity index (χ3v) is 3.02. The van der Waals surface area contributed by atoms with Crippen molar-refractivity contribution in [3.05, 3.63) is 58.9 Å². The Bertz CT molecular complexity index is 718. The number of carbonyl (C=O) groups excluding carboxylic acids is 1. The SMILES string of the molecule is Cc1ccc(C(=O)Nc2cc(C(F)(F)F)cc(C(F)(F)F)c2)cn1. The number of halogens is 6. The largest absolute Gasteiger partial charge is 0.416 e. The Morgan fingerprint density at radius 2 is 1.50 bits per heavy atom. The maximum absolute atomic E-state index is 12.8. The van der Waals surface area contributed by atoms with E-state index in [4.69, 9.17) is 0 Å². The number of alkyl halides is 6. The molecule has 128 valence electrons. The topological polar surface area (TPSA) is 42.0 Å². The molecule has 1 amide bonds. The maximum Gasteiger partial charge on any atom is 0.416 e. The Kier molecular flexibility index (Phi) is 4.54. The van der Waals surface area contributed by atoms with Crippen LogP contribution in [-0.2, 0) is 12.4 Å². The van der Waals surface area contributed by atoms with Crippen LogP contribution in [-0.4, -0.2) is 10.9 Å². The molecule has 0 saturated heterocycles. The second-order valence-electron chi connectivity index (χ2n) is 4.94. The number of anilines is 1. The molecule has 24 heavy (non-hydrogen) atoms. The van der Waals surface area contributed by atoms with Crippen LogP contribution in [0.1, 0.15) is 27.2 Å². The first-order valence-corrected chi connectivity index (χ1v) is 6.50. The molecule has 3 nitrogen and oxygen atoms in total. The number of amides is 1. The van der Waals surface area contributed by atoms with Gasteiger partial charge in [-0.05, 0) is 37.3 Å². The van der Waals surface area contributed by atoms with Gasteiger partial charge in [0.1, 0.15) is 0 Å². The number of hydrogen-bond acceptors (Lipinski definition) is 2. The second kappa shape index (κ2) is 6.14. The number of pyridine rings is 1. The van der Waals surface area contributed by atoms with Crippen molar-refractivity contribution in [1.29, 1.82) is 0 Å². The highest BCUT2D eigenvalue weighted by Gasteiger charge is 2.37. The van der Waals surface area contributed by atoms with E-state index >= 15 is 0 Å². The van der Waals surface area contributed by atoms with Crippen LogP contribution in [0.4, 0.5) is 32.0 Å². The fourth-order valence-electron chi connectivity index (χ4n) is 1.83. The summed E-state index contributed by atoms with van der Waals surface area (Å²) in [6.45, 7) is 1.66. The quantitative estimate of drug-likeness (QED) is 0.801. The van der Waals surface area contributed by atoms with Gasteiger partial charge in [0, 0.05) is 17.6 Å². The Morgan fingerprint density at radius 1 is 0.958 bits per heavy atom. The molecule has 0 aliphatic rings. The van der Waals surface area contributed by atoms with E-state index < -0.39 is 35.1 Å². The summed E-state index contributed by atoms with van der Waals surface area (Å²) >= 11 is 0. The number of aromatic nitrogens is 1. The minimum atomic E-state index is -4.98. The van der Waals surface area contributed by atoms with Crippen molar-refractivity contribution < 1.29 is 31.1 Å². The lowest BCUT2D eigenvalue weighted by atomic mass is 10.1. The lowest BCUT2D eigenvalue weighted by molar-refractivity contribution is -0.143. The van der Waals surface area contributed by atoms with Crippen LogP contribution in [0.3, 0.4) is 0 Å². The zero-order valence-electron chi connectivity index (χ0n) is 12.1. The van der Waals surface area contributed by atoms with Gasteiger partial charge in [-0.15, -0.1) is 0 Å². The molecule has 0 fully saturated rings. The molecule has 0 atom stereocenters. The van der Waals surface area contributed by atoms with Crippen molar-refractivity contribution in [2.45, 2.75) is 19.3 Å². The number of aryl methyl sites for hydroxylation is 1. The maximum atomic E-state index is 12.8. The molecule has 0 bridgehead atoms. The van der Waals surface area contributed by atoms with E-state index in [0.29, 0.717) is 17.8 Å². The van der Waals surface area contributed by atoms with Gasteiger partial charge in [-0.2, -0.15) is 26.3 Å². The van der Waals surface area contributed by atoms with Gasteiger partial charge in [0.2, 0.25) is 0 Å². The summed E-state index contributed by atoms with van der Waals surface area (Å²) in [5, 5.41) is 2.02. The summed E-state index contributed by atoms with van der Waals surface area (Å²) in [6, 6.07) is 3.71. The van der Waals surface area contributed by atoms with Crippen molar-refractivity contribution in [2.75, 3.05) is 5.32 Å². The average molecular weight is 348 g/mol. The van der Waals surface area contributed by atoms with E-state index in [1.165, 1.54) is 18.3 Å². The van der Waals surface area contributed by atoms with Crippen LogP contribution >= 0.6 is 0 Å². The van der Waals surface area contributed by atoms with Crippen molar-refractivity contribution in [2.24, 2.45) is 0 Å². The molecular formula is C15H10F6N2O. The molecule has 0 unspecified atom stereocenters. The molecule has 0 saturated carbocycles. The minimum Gasteiger partial charge on any atom is -0.322 e. The monoisotopic (exact) mass is 348 g/mol. The molecular weight excluding hydrogens is 338 g/mol. The first-order valence-electron chi connectivity index (χ1n) is 6.50. The molecule has 0 radical (unpaired) electrons. The predicted molar refractivity (Wildman–Crippen MR) is 73.4 cm³/mol. The Hall–Kier alpha value is -2.58. The number of nitrogens with one attached hydrogen (secondary N) is 1. The molecule has 1 aromatic carbocycles. The summed E-state index contributed by atoms with van der Waals surface area (Å²) in [5.74, 6) is -0.866. The molecule has 2 aromatic rings. The standard InChI is InChI=1S/C15H10F6N2O/c1-8-2-3-9(7-22-8)13(24)23-12-5-10(14(16,17)18)4-11(6-12)15(19,20)21/h2-7H,1H3,(H,23,24). The Morgan fingerprint density at radius 3 is 1.92 bits per heavy atom. The van der Waals surface area contributed by atoms with Crippen molar-refractivity contribution >= 4 is 11.6 Å². The molecule has 1 aromatic heterocycles. The molecule has 0 spiro atoms. The fourth-order valence-corrected chi connectivity index (χ4v) is 1.83. The van der Waals surface area contributed by atoms with Crippen LogP contribution in [0.2, 0.25) is 0 Å². The first kappa shape index (κ1) is 17.8. The second-order valence-corrected chi connectivity index (χ2v) is 4.94. The van der Waals surface area contributed by atoms with Crippen molar-refractivity contribution in [1.82, 2.24) is 4.98 Å². The van der Waals surface area contributed by atoms with E-state index in [-0.39, 0.29) is 11.6 Å². The number of rotatable bonds is 2. The van der Waals surface area contributed by atoms with Crippen LogP contribution in [0.25, 0.3) is 0 Å². The lowest BCUT2D eigenvalue weighted by Gasteiger charge is -2.14. The molecule has 0 aliphatic heterocycles. The van der Waals surface area contributed by atoms with Gasteiger partial charge in [0.15, 0.2) is 0 Å². The first-order chi connectivity index (χ1) is 11.0. The van der Waals surface area contributed by atoms with E-state index in [9.17, 15) is 31.1 Å². The number of carbonyl (C=O) groups is 1. The minimum absolute atomic E-state index is 0.00608. The van der Waals surface area contributed by atoms with E-state index in [0.717, 1.165) is 0 Å². The van der Waals surface area contributed by atoms with Gasteiger partial charge < -0.3 is 5.32 Å². The van der Waals surface area contributed by atoms with Crippen LogP contribution in [0.5, 0.6) is 0 Å². The van der Waals surface area contributed by atoms with Crippen LogP contribution in [0, 0.1) is 6.92 Å². The normalized spacial score (nSPS) is 12.1. The zero-order chi connectivity index (χ0) is 18.1. The molecule has 0 aliphatic carbocycles. The van der Waals surface area contributed by atoms with Gasteiger partial charge >= 0.3 is 12.4 Å². The van der Waals surface area contributed by atoms with Gasteiger partial charge in [-0.3, -0.25) is 9.78 Å². The molecule has 9 heteroatoms. The van der Waals surface area contributed by atoms with E-state index in [2.05, 4.69) is 4.98 Å². The molecule has 1 N–H and O–H groups in total. The summed E-state index contributed by atoms with van der Waals surface area (Å²) < 4.78 is 76.5. The summed E-state index contributed by atoms with van der Waals surface area (Å²) in [6.07, 6.45) is -8.79. The summed E-state index contributed by atoms with van der Waals surface area (Å²) in [7, 11) is 0. The van der Waals surface area contributed by atoms with Crippen molar-refractivity contribution in [3.8, 4) is 0 Å². The number of benzene rings is 1. The van der Waals surface area contributed by atoms with E-state index in [1.807, 2.05) is 5.32 Å². The highest BCUT2D eigenvalue weighted by molar-refractivity contribution is 6.04. The van der Waals surface area contributed by atoms with Gasteiger partial charge in [-0.25, -0.2) is 0 Å². The average Bonchev–Trinajstić information content (AvgIpc) is 2.45. The summed E-state index contributed by atoms with van der Waals surface area (Å²) in [4.78, 5) is 15.8. The van der Waals surface area contributed by atoms with E-state index in [1.54, 1.807) is 6.92 Å². The highest BCUT2D eigenvalue weighted by atomic mass is 19.4. The number of hydrogen-bond donors (Lipinski definition) is 1. The van der Waals surface area contributed by atoms with Crippen LogP contribution in [0.15, 0.2) is 36.5 Å². The fraction of sp³-hybridized carbons (Fsp3) is 0.200. The molecule has 2 rings (SSSR count). The Balaban J connectivity index is 2.38.